The van der Waals surface area contributed by atoms with Crippen molar-refractivity contribution in [1.82, 2.24) is 0 Å². The van der Waals surface area contributed by atoms with E-state index in [9.17, 15) is 9.59 Å². The average Bonchev–Trinajstić information content (AvgIpc) is 2.46. The van der Waals surface area contributed by atoms with Crippen molar-refractivity contribution in [1.29, 1.82) is 5.26 Å². The van der Waals surface area contributed by atoms with Crippen molar-refractivity contribution in [3.8, 4) is 5.40 Å². The van der Waals surface area contributed by atoms with E-state index in [1.54, 1.807) is 24.3 Å². The van der Waals surface area contributed by atoms with Crippen LogP contribution in [0.3, 0.4) is 0 Å². The number of carbonyl (C=O) groups excluding carboxylic acids is 2. The molecular formula is C15H16N2O3S. The van der Waals surface area contributed by atoms with E-state index in [0.717, 1.165) is 28.6 Å². The van der Waals surface area contributed by atoms with E-state index in [2.05, 4.69) is 5.32 Å². The number of thiocyanates is 1. The van der Waals surface area contributed by atoms with Crippen molar-refractivity contribution < 1.29 is 14.3 Å². The average molecular weight is 304 g/mol. The summed E-state index contributed by atoms with van der Waals surface area (Å²) in [5.74, 6) is -0.943. The van der Waals surface area contributed by atoms with Crippen molar-refractivity contribution >= 4 is 29.3 Å². The molecule has 0 saturated carbocycles. The zero-order valence-corrected chi connectivity index (χ0v) is 12.7. The highest BCUT2D eigenvalue weighted by Gasteiger charge is 2.08. The summed E-state index contributed by atoms with van der Waals surface area (Å²) in [6.07, 6.45) is 3.69. The highest BCUT2D eigenvalue weighted by atomic mass is 32.2. The number of ether oxygens (including phenoxy) is 1. The summed E-state index contributed by atoms with van der Waals surface area (Å²) in [5, 5.41) is 13.2. The summed E-state index contributed by atoms with van der Waals surface area (Å²) in [6, 6.07) is 5.26. The number of carbonyl (C=O) groups is 2. The monoisotopic (exact) mass is 304 g/mol. The molecule has 0 aliphatic heterocycles. The molecule has 0 bridgehead atoms. The molecule has 0 spiro atoms. The van der Waals surface area contributed by atoms with E-state index in [-0.39, 0.29) is 6.61 Å². The molecule has 5 nitrogen and oxygen atoms in total. The minimum absolute atomic E-state index is 0.332. The number of aryl methyl sites for hydroxylation is 1. The Morgan fingerprint density at radius 1 is 1.48 bits per heavy atom. The fourth-order valence-corrected chi connectivity index (χ4v) is 1.95. The molecule has 0 aliphatic rings. The van der Waals surface area contributed by atoms with Crippen LogP contribution in [0.1, 0.15) is 18.9 Å². The molecule has 0 fully saturated rings. The lowest BCUT2D eigenvalue weighted by Crippen LogP contribution is -2.20. The molecule has 21 heavy (non-hydrogen) atoms. The fraction of sp³-hybridized carbons (Fsp3) is 0.267. The quantitative estimate of drug-likeness (QED) is 0.378. The van der Waals surface area contributed by atoms with Crippen LogP contribution in [0.4, 0.5) is 5.69 Å². The molecule has 1 N–H and O–H groups in total. The number of nitrogens with zero attached hydrogens (tertiary/aromatic N) is 1. The molecule has 1 aromatic rings. The van der Waals surface area contributed by atoms with E-state index < -0.39 is 11.9 Å². The molecule has 0 aliphatic carbocycles. The third kappa shape index (κ3) is 6.15. The van der Waals surface area contributed by atoms with Gasteiger partial charge in [-0.3, -0.25) is 4.79 Å². The van der Waals surface area contributed by atoms with Gasteiger partial charge in [-0.25, -0.2) is 4.79 Å². The van der Waals surface area contributed by atoms with Crippen LogP contribution in [0.25, 0.3) is 0 Å². The van der Waals surface area contributed by atoms with Gasteiger partial charge in [0, 0.05) is 16.7 Å². The van der Waals surface area contributed by atoms with Crippen LogP contribution < -0.4 is 5.32 Å². The lowest BCUT2D eigenvalue weighted by molar-refractivity contribution is -0.142. The maximum Gasteiger partial charge on any atom is 0.330 e. The molecular weight excluding hydrogens is 288 g/mol. The SMILES string of the molecule is CC/C=C/C(=O)OCC(=O)Nc1ccc(SC#N)cc1C. The normalized spacial score (nSPS) is 10.1. The molecule has 0 atom stereocenters. The summed E-state index contributed by atoms with van der Waals surface area (Å²) in [5.41, 5.74) is 1.46. The number of hydrogen-bond acceptors (Lipinski definition) is 5. The first-order valence-electron chi connectivity index (χ1n) is 6.36. The maximum atomic E-state index is 11.7. The van der Waals surface area contributed by atoms with Gasteiger partial charge >= 0.3 is 5.97 Å². The zero-order chi connectivity index (χ0) is 15.7. The van der Waals surface area contributed by atoms with Gasteiger partial charge in [0.05, 0.1) is 0 Å². The van der Waals surface area contributed by atoms with Gasteiger partial charge in [0.25, 0.3) is 5.91 Å². The lowest BCUT2D eigenvalue weighted by atomic mass is 10.2. The Morgan fingerprint density at radius 2 is 2.24 bits per heavy atom. The van der Waals surface area contributed by atoms with Crippen molar-refractivity contribution in [3.05, 3.63) is 35.9 Å². The fourth-order valence-electron chi connectivity index (χ4n) is 1.48. The molecule has 0 unspecified atom stereocenters. The number of hydrogen-bond donors (Lipinski definition) is 1. The zero-order valence-electron chi connectivity index (χ0n) is 11.9. The minimum Gasteiger partial charge on any atom is -0.452 e. The lowest BCUT2D eigenvalue weighted by Gasteiger charge is -2.09. The highest BCUT2D eigenvalue weighted by molar-refractivity contribution is 8.03. The van der Waals surface area contributed by atoms with Crippen molar-refractivity contribution in [3.63, 3.8) is 0 Å². The van der Waals surface area contributed by atoms with Crippen molar-refractivity contribution in [2.75, 3.05) is 11.9 Å². The molecule has 1 aromatic carbocycles. The third-order valence-electron chi connectivity index (χ3n) is 2.47. The second kappa shape index (κ2) is 8.82. The Hall–Kier alpha value is -2.26. The number of rotatable bonds is 6. The van der Waals surface area contributed by atoms with Crippen LogP contribution in [-0.2, 0) is 14.3 Å². The summed E-state index contributed by atoms with van der Waals surface area (Å²) in [6.45, 7) is 3.39. The van der Waals surface area contributed by atoms with Gasteiger partial charge < -0.3 is 10.1 Å². The van der Waals surface area contributed by atoms with Gasteiger partial charge in [0.1, 0.15) is 5.40 Å². The number of allylic oxidation sites excluding steroid dienone is 1. The number of thioether (sulfide) groups is 1. The smallest absolute Gasteiger partial charge is 0.330 e. The molecule has 1 rings (SSSR count). The number of nitrogens with one attached hydrogen (secondary N) is 1. The van der Waals surface area contributed by atoms with E-state index >= 15 is 0 Å². The van der Waals surface area contributed by atoms with Crippen LogP contribution in [-0.4, -0.2) is 18.5 Å². The van der Waals surface area contributed by atoms with Crippen LogP contribution >= 0.6 is 11.8 Å². The number of amides is 1. The van der Waals surface area contributed by atoms with Gasteiger partial charge in [-0.1, -0.05) is 13.0 Å². The summed E-state index contributed by atoms with van der Waals surface area (Å²) < 4.78 is 4.80. The van der Waals surface area contributed by atoms with Crippen LogP contribution in [0.5, 0.6) is 0 Å². The number of esters is 1. The third-order valence-corrected chi connectivity index (χ3v) is 3.05. The molecule has 1 amide bonds. The predicted octanol–water partition coefficient (Wildman–Crippen LogP) is 3.02. The first-order chi connectivity index (χ1) is 10.1. The predicted molar refractivity (Wildman–Crippen MR) is 81.7 cm³/mol. The summed E-state index contributed by atoms with van der Waals surface area (Å²) in [4.78, 5) is 23.7. The van der Waals surface area contributed by atoms with Crippen LogP contribution in [0.15, 0.2) is 35.2 Å². The van der Waals surface area contributed by atoms with E-state index in [1.165, 1.54) is 6.08 Å². The number of benzene rings is 1. The summed E-state index contributed by atoms with van der Waals surface area (Å²) >= 11 is 1.05. The largest absolute Gasteiger partial charge is 0.452 e. The maximum absolute atomic E-state index is 11.7. The van der Waals surface area contributed by atoms with Crippen LogP contribution in [0, 0.1) is 17.6 Å². The van der Waals surface area contributed by atoms with Crippen LogP contribution in [0.2, 0.25) is 0 Å². The van der Waals surface area contributed by atoms with Crippen molar-refractivity contribution in [2.24, 2.45) is 0 Å². The van der Waals surface area contributed by atoms with E-state index in [1.807, 2.05) is 19.2 Å². The van der Waals surface area contributed by atoms with E-state index in [4.69, 9.17) is 10.00 Å². The Morgan fingerprint density at radius 3 is 2.86 bits per heavy atom. The number of nitriles is 1. The Kier molecular flexibility index (Phi) is 7.05. The van der Waals surface area contributed by atoms with Gasteiger partial charge in [0.15, 0.2) is 6.61 Å². The Balaban J connectivity index is 2.53. The second-order valence-electron chi connectivity index (χ2n) is 4.14. The first-order valence-corrected chi connectivity index (χ1v) is 7.18. The molecule has 6 heteroatoms. The summed E-state index contributed by atoms with van der Waals surface area (Å²) in [7, 11) is 0. The topological polar surface area (TPSA) is 79.2 Å². The molecule has 0 radical (unpaired) electrons. The molecule has 110 valence electrons. The second-order valence-corrected chi connectivity index (χ2v) is 4.99. The molecule has 0 heterocycles. The van der Waals surface area contributed by atoms with Gasteiger partial charge in [-0.2, -0.15) is 5.26 Å². The highest BCUT2D eigenvalue weighted by Crippen LogP contribution is 2.23. The molecule has 0 saturated heterocycles. The van der Waals surface area contributed by atoms with Gasteiger partial charge in [-0.15, -0.1) is 0 Å². The van der Waals surface area contributed by atoms with E-state index in [0.29, 0.717) is 5.69 Å². The van der Waals surface area contributed by atoms with Gasteiger partial charge in [-0.05, 0) is 48.9 Å². The molecule has 0 aromatic heterocycles. The minimum atomic E-state index is -0.538. The standard InChI is InChI=1S/C15H16N2O3S/c1-3-4-5-15(19)20-9-14(18)17-13-7-6-12(21-10-16)8-11(13)2/h4-8H,3,9H2,1-2H3,(H,17,18)/b5-4+. The Bertz CT molecular complexity index is 591. The van der Waals surface area contributed by atoms with Crippen molar-refractivity contribution in [2.45, 2.75) is 25.2 Å². The van der Waals surface area contributed by atoms with Gasteiger partial charge in [0.2, 0.25) is 0 Å². The first kappa shape index (κ1) is 16.8. The Labute approximate surface area is 128 Å². The number of anilines is 1.